The van der Waals surface area contributed by atoms with Gasteiger partial charge in [0, 0.05) is 30.4 Å². The lowest BCUT2D eigenvalue weighted by molar-refractivity contribution is -0.138. The zero-order valence-corrected chi connectivity index (χ0v) is 22.5. The lowest BCUT2D eigenvalue weighted by Gasteiger charge is -2.23. The van der Waals surface area contributed by atoms with Crippen LogP contribution in [0.4, 0.5) is 10.1 Å². The van der Waals surface area contributed by atoms with Gasteiger partial charge in [0.2, 0.25) is 0 Å². The van der Waals surface area contributed by atoms with Gasteiger partial charge >= 0.3 is 5.97 Å². The maximum absolute atomic E-state index is 15.2. The minimum Gasteiger partial charge on any atom is -0.493 e. The van der Waals surface area contributed by atoms with Gasteiger partial charge < -0.3 is 19.9 Å². The molecule has 6 rings (SSSR count). The number of carboxylic acid groups (broad SMARTS) is 1. The lowest BCUT2D eigenvalue weighted by atomic mass is 9.90. The Bertz CT molecular complexity index is 1360. The number of carbonyl (C=O) groups is 1. The van der Waals surface area contributed by atoms with E-state index in [4.69, 9.17) is 9.47 Å². The number of nitrogens with zero attached hydrogens (tertiary/aromatic N) is 1. The number of carboxylic acids is 1. The largest absolute Gasteiger partial charge is 0.493 e. The summed E-state index contributed by atoms with van der Waals surface area (Å²) in [4.78, 5) is 15.7. The van der Waals surface area contributed by atoms with Crippen molar-refractivity contribution in [3.63, 3.8) is 0 Å². The summed E-state index contributed by atoms with van der Waals surface area (Å²) in [6, 6.07) is 11.4. The van der Waals surface area contributed by atoms with Crippen LogP contribution < -0.4 is 10.1 Å². The SMILES string of the molecule is Cc1cc(OCC2CCOCC2)cc(C)c1-c1ccc(F)c2c1CC[C@H]2Nc1ccc([C@H]2C[C@@H]2C(=O)O)nc1. The molecule has 2 heterocycles. The standard InChI is InChI=1S/C32H35FN2O4/c1-18-13-22(39-17-20-9-11-38-12-10-20)14-19(2)30(18)23-4-6-27(33)31-24(23)5-8-29(31)35-21-3-7-28(34-16-21)25-15-26(25)32(36)37/h3-4,6-7,13-14,16,20,25-26,29,35H,5,8-12,15,17H2,1-2H3,(H,36,37)/t25-,26-,29+/m0/s1. The minimum atomic E-state index is -0.763. The Labute approximate surface area is 228 Å². The molecular weight excluding hydrogens is 495 g/mol. The van der Waals surface area contributed by atoms with Gasteiger partial charge in [0.25, 0.3) is 0 Å². The van der Waals surface area contributed by atoms with Crippen molar-refractivity contribution >= 4 is 11.7 Å². The Kier molecular flexibility index (Phi) is 7.02. The predicted octanol–water partition coefficient (Wildman–Crippen LogP) is 6.60. The molecule has 2 fully saturated rings. The summed E-state index contributed by atoms with van der Waals surface area (Å²) in [5, 5.41) is 12.7. The molecule has 0 unspecified atom stereocenters. The van der Waals surface area contributed by atoms with Crippen LogP contribution in [0.1, 0.15) is 65.6 Å². The number of rotatable bonds is 8. The van der Waals surface area contributed by atoms with E-state index in [9.17, 15) is 9.90 Å². The molecule has 0 amide bonds. The van der Waals surface area contributed by atoms with Gasteiger partial charge in [0.1, 0.15) is 11.6 Å². The molecule has 0 radical (unpaired) electrons. The number of halogens is 1. The van der Waals surface area contributed by atoms with Gasteiger partial charge in [0.15, 0.2) is 0 Å². The molecular formula is C32H35FN2O4. The Morgan fingerprint density at radius 2 is 1.90 bits per heavy atom. The number of fused-ring (bicyclic) bond motifs is 1. The molecule has 6 nitrogen and oxygen atoms in total. The molecule has 7 heteroatoms. The summed E-state index contributed by atoms with van der Waals surface area (Å²) in [7, 11) is 0. The second-order valence-electron chi connectivity index (χ2n) is 11.3. The van der Waals surface area contributed by atoms with Crippen LogP contribution in [0.25, 0.3) is 11.1 Å². The highest BCUT2D eigenvalue weighted by molar-refractivity contribution is 5.77. The van der Waals surface area contributed by atoms with Gasteiger partial charge in [-0.25, -0.2) is 4.39 Å². The van der Waals surface area contributed by atoms with Crippen molar-refractivity contribution in [3.05, 3.63) is 76.4 Å². The zero-order valence-electron chi connectivity index (χ0n) is 22.5. The number of anilines is 1. The van der Waals surface area contributed by atoms with Crippen LogP contribution in [-0.4, -0.2) is 35.9 Å². The molecule has 3 aromatic rings. The summed E-state index contributed by atoms with van der Waals surface area (Å²) in [6.45, 7) is 6.54. The summed E-state index contributed by atoms with van der Waals surface area (Å²) < 4.78 is 26.9. The van der Waals surface area contributed by atoms with Gasteiger partial charge in [-0.15, -0.1) is 0 Å². The van der Waals surface area contributed by atoms with Gasteiger partial charge in [-0.05, 0) is 110 Å². The third-order valence-electron chi connectivity index (χ3n) is 8.55. The van der Waals surface area contributed by atoms with E-state index in [0.717, 1.165) is 89.4 Å². The summed E-state index contributed by atoms with van der Waals surface area (Å²) >= 11 is 0. The molecule has 3 aliphatic rings. The summed E-state index contributed by atoms with van der Waals surface area (Å²) in [6.07, 6.45) is 6.03. The monoisotopic (exact) mass is 530 g/mol. The van der Waals surface area contributed by atoms with Crippen molar-refractivity contribution in [2.75, 3.05) is 25.1 Å². The highest BCUT2D eigenvalue weighted by atomic mass is 19.1. The van der Waals surface area contributed by atoms with Crippen molar-refractivity contribution in [1.82, 2.24) is 4.98 Å². The number of nitrogens with one attached hydrogen (secondary N) is 1. The maximum atomic E-state index is 15.2. The van der Waals surface area contributed by atoms with Crippen LogP contribution in [0.15, 0.2) is 42.6 Å². The molecule has 3 atom stereocenters. The van der Waals surface area contributed by atoms with Gasteiger partial charge in [-0.1, -0.05) is 6.07 Å². The highest BCUT2D eigenvalue weighted by Crippen LogP contribution is 2.47. The number of pyridine rings is 1. The fraction of sp³-hybridized carbons (Fsp3) is 0.438. The maximum Gasteiger partial charge on any atom is 0.307 e. The Balaban J connectivity index is 1.20. The molecule has 1 saturated heterocycles. The van der Waals surface area contributed by atoms with E-state index in [1.54, 1.807) is 12.3 Å². The quantitative estimate of drug-likeness (QED) is 0.342. The minimum absolute atomic E-state index is 0.00566. The molecule has 1 aliphatic heterocycles. The molecule has 204 valence electrons. The van der Waals surface area contributed by atoms with E-state index in [1.165, 1.54) is 0 Å². The number of benzene rings is 2. The first kappa shape index (κ1) is 25.8. The number of aliphatic carboxylic acids is 1. The third-order valence-corrected chi connectivity index (χ3v) is 8.55. The topological polar surface area (TPSA) is 80.7 Å². The fourth-order valence-corrected chi connectivity index (χ4v) is 6.36. The van der Waals surface area contributed by atoms with Crippen LogP contribution in [0, 0.1) is 31.5 Å². The number of hydrogen-bond donors (Lipinski definition) is 2. The van der Waals surface area contributed by atoms with Crippen molar-refractivity contribution in [1.29, 1.82) is 0 Å². The summed E-state index contributed by atoms with van der Waals surface area (Å²) in [5.74, 6) is 0.128. The van der Waals surface area contributed by atoms with Crippen molar-refractivity contribution in [2.24, 2.45) is 11.8 Å². The molecule has 0 bridgehead atoms. The Morgan fingerprint density at radius 3 is 2.56 bits per heavy atom. The molecule has 1 aromatic heterocycles. The zero-order chi connectivity index (χ0) is 27.1. The van der Waals surface area contributed by atoms with Gasteiger partial charge in [-0.2, -0.15) is 0 Å². The van der Waals surface area contributed by atoms with Crippen LogP contribution in [0.3, 0.4) is 0 Å². The van der Waals surface area contributed by atoms with Crippen molar-refractivity contribution in [3.8, 4) is 16.9 Å². The first-order valence-corrected chi connectivity index (χ1v) is 14.0. The third kappa shape index (κ3) is 5.24. The van der Waals surface area contributed by atoms with Crippen molar-refractivity contribution < 1.29 is 23.8 Å². The second kappa shape index (κ2) is 10.6. The molecule has 0 spiro atoms. The molecule has 2 aromatic carbocycles. The van der Waals surface area contributed by atoms with Crippen LogP contribution >= 0.6 is 0 Å². The van der Waals surface area contributed by atoms with Crippen LogP contribution in [-0.2, 0) is 16.0 Å². The van der Waals surface area contributed by atoms with E-state index in [0.29, 0.717) is 18.9 Å². The highest BCUT2D eigenvalue weighted by Gasteiger charge is 2.45. The van der Waals surface area contributed by atoms with Crippen LogP contribution in [0.2, 0.25) is 0 Å². The van der Waals surface area contributed by atoms with E-state index in [1.807, 2.05) is 18.2 Å². The number of ether oxygens (including phenoxy) is 2. The smallest absolute Gasteiger partial charge is 0.307 e. The average Bonchev–Trinajstić information content (AvgIpc) is 3.63. The van der Waals surface area contributed by atoms with Crippen LogP contribution in [0.5, 0.6) is 5.75 Å². The van der Waals surface area contributed by atoms with E-state index >= 15 is 4.39 Å². The van der Waals surface area contributed by atoms with Gasteiger partial charge in [0.05, 0.1) is 30.5 Å². The molecule has 2 N–H and O–H groups in total. The second-order valence-corrected chi connectivity index (χ2v) is 11.3. The predicted molar refractivity (Wildman–Crippen MR) is 148 cm³/mol. The molecule has 2 aliphatic carbocycles. The van der Waals surface area contributed by atoms with E-state index in [2.05, 4.69) is 36.3 Å². The number of hydrogen-bond acceptors (Lipinski definition) is 5. The number of aromatic nitrogens is 1. The molecule has 39 heavy (non-hydrogen) atoms. The molecule has 1 saturated carbocycles. The van der Waals surface area contributed by atoms with Gasteiger partial charge in [-0.3, -0.25) is 9.78 Å². The Morgan fingerprint density at radius 1 is 1.13 bits per heavy atom. The van der Waals surface area contributed by atoms with E-state index in [-0.39, 0.29) is 23.7 Å². The van der Waals surface area contributed by atoms with Crippen molar-refractivity contribution in [2.45, 2.75) is 57.9 Å². The fourth-order valence-electron chi connectivity index (χ4n) is 6.36. The normalized spacial score (nSPS) is 22.4. The Hall–Kier alpha value is -3.45. The summed E-state index contributed by atoms with van der Waals surface area (Å²) in [5.41, 5.74) is 7.89. The average molecular weight is 531 g/mol. The van der Waals surface area contributed by atoms with E-state index < -0.39 is 5.97 Å². The number of aryl methyl sites for hydroxylation is 2. The first-order valence-electron chi connectivity index (χ1n) is 14.0. The lowest BCUT2D eigenvalue weighted by Crippen LogP contribution is -2.21. The first-order chi connectivity index (χ1) is 18.9.